The van der Waals surface area contributed by atoms with Crippen molar-refractivity contribution in [1.29, 1.82) is 0 Å². The lowest BCUT2D eigenvalue weighted by Gasteiger charge is -2.09. The normalized spacial score (nSPS) is 11.1. The highest BCUT2D eigenvalue weighted by atomic mass is 79.9. The molecule has 2 N–H and O–H groups in total. The molecule has 0 aromatic heterocycles. The monoisotopic (exact) mass is 439 g/mol. The van der Waals surface area contributed by atoms with Gasteiger partial charge in [0.2, 0.25) is 0 Å². The van der Waals surface area contributed by atoms with Crippen molar-refractivity contribution in [3.63, 3.8) is 0 Å². The lowest BCUT2D eigenvalue weighted by atomic mass is 10.1. The van der Waals surface area contributed by atoms with Crippen molar-refractivity contribution in [3.05, 3.63) is 68.6 Å². The fraction of sp³-hybridized carbons (Fsp3) is 0.125. The SMILES string of the molecule is CC(=NNC(=S)NCc1ccccc1)c1ccc(Br)cc1Br. The Morgan fingerprint density at radius 3 is 2.55 bits per heavy atom. The van der Waals surface area contributed by atoms with Crippen molar-refractivity contribution in [1.82, 2.24) is 10.7 Å². The van der Waals surface area contributed by atoms with Crippen LogP contribution in [0.15, 0.2) is 62.6 Å². The standard InChI is InChI=1S/C16H15Br2N3S/c1-11(14-8-7-13(17)9-15(14)18)20-21-16(22)19-10-12-5-3-2-4-6-12/h2-9H,10H2,1H3,(H2,19,21,22). The first-order valence-corrected chi connectivity index (χ1v) is 8.63. The Kier molecular flexibility index (Phi) is 6.54. The van der Waals surface area contributed by atoms with Gasteiger partial charge in [0, 0.05) is 21.1 Å². The molecule has 2 aromatic rings. The van der Waals surface area contributed by atoms with Gasteiger partial charge in [-0.3, -0.25) is 5.43 Å². The molecule has 0 atom stereocenters. The summed E-state index contributed by atoms with van der Waals surface area (Å²) in [4.78, 5) is 0. The molecule has 22 heavy (non-hydrogen) atoms. The van der Waals surface area contributed by atoms with E-state index in [2.05, 4.69) is 47.7 Å². The van der Waals surface area contributed by atoms with E-state index in [0.29, 0.717) is 11.7 Å². The smallest absolute Gasteiger partial charge is 0.187 e. The molecule has 2 rings (SSSR count). The van der Waals surface area contributed by atoms with E-state index in [4.69, 9.17) is 12.2 Å². The zero-order valence-electron chi connectivity index (χ0n) is 11.9. The summed E-state index contributed by atoms with van der Waals surface area (Å²) >= 11 is 12.2. The molecule has 0 saturated heterocycles. The highest BCUT2D eigenvalue weighted by Crippen LogP contribution is 2.22. The lowest BCUT2D eigenvalue weighted by molar-refractivity contribution is 0.866. The van der Waals surface area contributed by atoms with Gasteiger partial charge in [-0.15, -0.1) is 0 Å². The van der Waals surface area contributed by atoms with Crippen molar-refractivity contribution in [2.24, 2.45) is 5.10 Å². The van der Waals surface area contributed by atoms with Crippen LogP contribution in [0, 0.1) is 0 Å². The molecular formula is C16H15Br2N3S. The third-order valence-electron chi connectivity index (χ3n) is 2.94. The fourth-order valence-corrected chi connectivity index (χ4v) is 3.25. The van der Waals surface area contributed by atoms with Crippen LogP contribution in [0.3, 0.4) is 0 Å². The maximum absolute atomic E-state index is 5.23. The summed E-state index contributed by atoms with van der Waals surface area (Å²) in [5.74, 6) is 0. The van der Waals surface area contributed by atoms with Gasteiger partial charge in [-0.25, -0.2) is 0 Å². The topological polar surface area (TPSA) is 36.4 Å². The minimum Gasteiger partial charge on any atom is -0.357 e. The molecule has 0 fully saturated rings. The van der Waals surface area contributed by atoms with Gasteiger partial charge in [0.1, 0.15) is 0 Å². The minimum absolute atomic E-state index is 0.497. The minimum atomic E-state index is 0.497. The molecule has 0 radical (unpaired) electrons. The molecule has 0 aliphatic carbocycles. The summed E-state index contributed by atoms with van der Waals surface area (Å²) in [5.41, 5.74) is 5.90. The van der Waals surface area contributed by atoms with Crippen LogP contribution in [-0.2, 0) is 6.54 Å². The molecule has 3 nitrogen and oxygen atoms in total. The van der Waals surface area contributed by atoms with Gasteiger partial charge >= 0.3 is 0 Å². The molecule has 0 aliphatic heterocycles. The fourth-order valence-electron chi connectivity index (χ4n) is 1.80. The number of nitrogens with zero attached hydrogens (tertiary/aromatic N) is 1. The van der Waals surface area contributed by atoms with Crippen LogP contribution < -0.4 is 10.7 Å². The van der Waals surface area contributed by atoms with Crippen molar-refractivity contribution in [2.75, 3.05) is 0 Å². The van der Waals surface area contributed by atoms with Crippen molar-refractivity contribution >= 4 is 54.9 Å². The first kappa shape index (κ1) is 17.1. The van der Waals surface area contributed by atoms with Gasteiger partial charge in [-0.1, -0.05) is 68.3 Å². The van der Waals surface area contributed by atoms with Gasteiger partial charge in [0.15, 0.2) is 5.11 Å². The number of hydrazone groups is 1. The molecule has 0 bridgehead atoms. The Morgan fingerprint density at radius 2 is 1.86 bits per heavy atom. The van der Waals surface area contributed by atoms with Crippen LogP contribution in [-0.4, -0.2) is 10.8 Å². The largest absolute Gasteiger partial charge is 0.357 e. The molecule has 0 unspecified atom stereocenters. The number of rotatable bonds is 4. The van der Waals surface area contributed by atoms with E-state index in [0.717, 1.165) is 20.2 Å². The quantitative estimate of drug-likeness (QED) is 0.414. The number of nitrogens with one attached hydrogen (secondary N) is 2. The van der Waals surface area contributed by atoms with Crippen LogP contribution in [0.25, 0.3) is 0 Å². The molecule has 6 heteroatoms. The van der Waals surface area contributed by atoms with Crippen LogP contribution in [0.1, 0.15) is 18.1 Å². The number of hydrogen-bond donors (Lipinski definition) is 2. The summed E-state index contributed by atoms with van der Waals surface area (Å²) in [6.45, 7) is 2.60. The third-order valence-corrected chi connectivity index (χ3v) is 4.33. The summed E-state index contributed by atoms with van der Waals surface area (Å²) in [6, 6.07) is 16.0. The second-order valence-electron chi connectivity index (χ2n) is 4.60. The van der Waals surface area contributed by atoms with Crippen LogP contribution >= 0.6 is 44.1 Å². The number of benzene rings is 2. The van der Waals surface area contributed by atoms with E-state index in [-0.39, 0.29) is 0 Å². The zero-order chi connectivity index (χ0) is 15.9. The molecule has 0 saturated carbocycles. The average Bonchev–Trinajstić information content (AvgIpc) is 2.51. The Labute approximate surface area is 152 Å². The highest BCUT2D eigenvalue weighted by Gasteiger charge is 2.04. The predicted octanol–water partition coefficient (Wildman–Crippen LogP) is 4.60. The van der Waals surface area contributed by atoms with Crippen LogP contribution in [0.2, 0.25) is 0 Å². The third kappa shape index (κ3) is 5.19. The number of thiocarbonyl (C=S) groups is 1. The predicted molar refractivity (Wildman–Crippen MR) is 103 cm³/mol. The van der Waals surface area contributed by atoms with Crippen LogP contribution in [0.5, 0.6) is 0 Å². The van der Waals surface area contributed by atoms with E-state index in [9.17, 15) is 0 Å². The highest BCUT2D eigenvalue weighted by molar-refractivity contribution is 9.11. The molecule has 114 valence electrons. The maximum Gasteiger partial charge on any atom is 0.187 e. The molecular weight excluding hydrogens is 426 g/mol. The summed E-state index contributed by atoms with van der Waals surface area (Å²) in [6.07, 6.45) is 0. The zero-order valence-corrected chi connectivity index (χ0v) is 15.9. The second-order valence-corrected chi connectivity index (χ2v) is 6.78. The van der Waals surface area contributed by atoms with E-state index in [1.54, 1.807) is 0 Å². The van der Waals surface area contributed by atoms with Gasteiger partial charge < -0.3 is 5.32 Å². The van der Waals surface area contributed by atoms with Gasteiger partial charge in [0.05, 0.1) is 5.71 Å². The molecule has 0 aliphatic rings. The van der Waals surface area contributed by atoms with Crippen molar-refractivity contribution in [2.45, 2.75) is 13.5 Å². The Balaban J connectivity index is 1.91. The average molecular weight is 441 g/mol. The van der Waals surface area contributed by atoms with Crippen LogP contribution in [0.4, 0.5) is 0 Å². The Bertz CT molecular complexity index is 687. The first-order valence-electron chi connectivity index (χ1n) is 6.64. The van der Waals surface area contributed by atoms with Gasteiger partial charge in [-0.2, -0.15) is 5.10 Å². The second kappa shape index (κ2) is 8.41. The van der Waals surface area contributed by atoms with E-state index < -0.39 is 0 Å². The van der Waals surface area contributed by atoms with Crippen molar-refractivity contribution < 1.29 is 0 Å². The molecule has 0 spiro atoms. The Morgan fingerprint density at radius 1 is 1.14 bits per heavy atom. The number of halogens is 2. The summed E-state index contributed by atoms with van der Waals surface area (Å²) in [5, 5.41) is 7.93. The van der Waals surface area contributed by atoms with E-state index >= 15 is 0 Å². The van der Waals surface area contributed by atoms with Gasteiger partial charge in [-0.05, 0) is 36.8 Å². The first-order chi connectivity index (χ1) is 10.6. The van der Waals surface area contributed by atoms with Gasteiger partial charge in [0.25, 0.3) is 0 Å². The van der Waals surface area contributed by atoms with E-state index in [1.807, 2.05) is 55.5 Å². The lowest BCUT2D eigenvalue weighted by Crippen LogP contribution is -2.32. The van der Waals surface area contributed by atoms with Crippen molar-refractivity contribution in [3.8, 4) is 0 Å². The Hall–Kier alpha value is -1.24. The maximum atomic E-state index is 5.23. The van der Waals surface area contributed by atoms with E-state index in [1.165, 1.54) is 5.56 Å². The summed E-state index contributed by atoms with van der Waals surface area (Å²) in [7, 11) is 0. The molecule has 0 amide bonds. The number of hydrogen-bond acceptors (Lipinski definition) is 2. The molecule has 2 aromatic carbocycles. The molecule has 0 heterocycles. The summed E-state index contributed by atoms with van der Waals surface area (Å²) < 4.78 is 2.00.